The Morgan fingerprint density at radius 1 is 1.03 bits per heavy atom. The third-order valence-electron chi connectivity index (χ3n) is 6.85. The molecule has 0 bridgehead atoms. The number of amides is 1. The number of phenolic OH excluding ortho intramolecular Hbond substituents is 1. The van der Waals surface area contributed by atoms with Crippen LogP contribution in [0, 0.1) is 0 Å². The number of nitrogens with one attached hydrogen (secondary N) is 1. The molecule has 3 aromatic rings. The molecule has 0 radical (unpaired) electrons. The lowest BCUT2D eigenvalue weighted by molar-refractivity contribution is 0.0853. The van der Waals surface area contributed by atoms with E-state index in [2.05, 4.69) is 40.7 Å². The van der Waals surface area contributed by atoms with Crippen LogP contribution in [0.5, 0.6) is 5.75 Å². The number of nitrogens with zero attached hydrogens (tertiary/aromatic N) is 2. The smallest absolute Gasteiger partial charge is 0.251 e. The molecule has 2 saturated heterocycles. The van der Waals surface area contributed by atoms with E-state index < -0.39 is 0 Å². The highest BCUT2D eigenvalue weighted by atomic mass is 16.5. The molecule has 6 nitrogen and oxygen atoms in total. The summed E-state index contributed by atoms with van der Waals surface area (Å²) >= 11 is 0. The average molecular weight is 476 g/mol. The van der Waals surface area contributed by atoms with Crippen molar-refractivity contribution in [2.75, 3.05) is 26.3 Å². The largest absolute Gasteiger partial charge is 0.508 e. The minimum Gasteiger partial charge on any atom is -0.508 e. The maximum absolute atomic E-state index is 11.0. The Balaban J connectivity index is 0.000000186. The van der Waals surface area contributed by atoms with Crippen LogP contribution in [0.15, 0.2) is 48.7 Å². The van der Waals surface area contributed by atoms with Crippen LogP contribution in [0.3, 0.4) is 0 Å². The van der Waals surface area contributed by atoms with Crippen LogP contribution in [0.1, 0.15) is 72.6 Å². The lowest BCUT2D eigenvalue weighted by Crippen LogP contribution is -2.19. The number of carbonyl (C=O) groups is 1. The van der Waals surface area contributed by atoms with Crippen molar-refractivity contribution in [1.82, 2.24) is 15.2 Å². The van der Waals surface area contributed by atoms with Gasteiger partial charge in [-0.2, -0.15) is 0 Å². The second kappa shape index (κ2) is 12.1. The lowest BCUT2D eigenvalue weighted by atomic mass is 9.90. The summed E-state index contributed by atoms with van der Waals surface area (Å²) in [4.78, 5) is 18.2. The monoisotopic (exact) mass is 475 g/mol. The molecular formula is C29H37N3O3. The summed E-state index contributed by atoms with van der Waals surface area (Å²) in [7, 11) is 0. The van der Waals surface area contributed by atoms with Gasteiger partial charge < -0.3 is 15.2 Å². The fourth-order valence-corrected chi connectivity index (χ4v) is 4.97. The number of fused-ring (bicyclic) bond motifs is 2. The van der Waals surface area contributed by atoms with Crippen molar-refractivity contribution in [3.63, 3.8) is 0 Å². The van der Waals surface area contributed by atoms with Gasteiger partial charge in [0.1, 0.15) is 5.75 Å². The van der Waals surface area contributed by atoms with E-state index in [1.807, 2.05) is 13.8 Å². The van der Waals surface area contributed by atoms with Gasteiger partial charge in [0.25, 0.3) is 5.91 Å². The number of carbonyl (C=O) groups excluding carboxylic acids is 1. The van der Waals surface area contributed by atoms with E-state index in [0.29, 0.717) is 18.0 Å². The van der Waals surface area contributed by atoms with Crippen molar-refractivity contribution in [2.45, 2.75) is 58.5 Å². The minimum atomic E-state index is -0.0556. The number of pyridine rings is 1. The zero-order valence-electron chi connectivity index (χ0n) is 20.9. The molecule has 0 saturated carbocycles. The van der Waals surface area contributed by atoms with E-state index >= 15 is 0 Å². The van der Waals surface area contributed by atoms with Crippen molar-refractivity contribution >= 4 is 16.7 Å². The summed E-state index contributed by atoms with van der Waals surface area (Å²) in [5, 5.41) is 14.3. The van der Waals surface area contributed by atoms with E-state index in [1.54, 1.807) is 12.1 Å². The maximum Gasteiger partial charge on any atom is 0.251 e. The molecule has 6 rings (SSSR count). The Bertz CT molecular complexity index is 1140. The molecule has 2 N–H and O–H groups in total. The fraction of sp³-hybridized carbons (Fsp3) is 0.448. The number of aromatic nitrogens is 1. The first-order valence-electron chi connectivity index (χ1n) is 12.9. The first-order chi connectivity index (χ1) is 17.2. The number of hydrogen-bond donors (Lipinski definition) is 2. The zero-order chi connectivity index (χ0) is 24.6. The highest BCUT2D eigenvalue weighted by Gasteiger charge is 2.18. The molecule has 0 unspecified atom stereocenters. The number of benzene rings is 2. The van der Waals surface area contributed by atoms with Gasteiger partial charge in [-0.05, 0) is 91.5 Å². The number of hydrogen-bond acceptors (Lipinski definition) is 5. The highest BCUT2D eigenvalue weighted by molar-refractivity contribution is 5.98. The molecule has 186 valence electrons. The van der Waals surface area contributed by atoms with Gasteiger partial charge in [-0.3, -0.25) is 14.7 Å². The quantitative estimate of drug-likeness (QED) is 0.532. The van der Waals surface area contributed by atoms with Crippen LogP contribution in [0.2, 0.25) is 0 Å². The topological polar surface area (TPSA) is 74.7 Å². The van der Waals surface area contributed by atoms with Gasteiger partial charge in [0.15, 0.2) is 0 Å². The molecule has 35 heavy (non-hydrogen) atoms. The molecule has 0 spiro atoms. The van der Waals surface area contributed by atoms with Crippen LogP contribution in [0.25, 0.3) is 10.8 Å². The third kappa shape index (κ3) is 6.38. The van der Waals surface area contributed by atoms with Gasteiger partial charge in [0.05, 0.1) is 5.69 Å². The van der Waals surface area contributed by atoms with Crippen molar-refractivity contribution < 1.29 is 14.6 Å². The number of ether oxygens (including phenoxy) is 1. The van der Waals surface area contributed by atoms with E-state index in [-0.39, 0.29) is 11.7 Å². The number of aromatic hydroxyl groups is 1. The molecule has 4 heterocycles. The molecule has 0 atom stereocenters. The third-order valence-corrected chi connectivity index (χ3v) is 6.85. The van der Waals surface area contributed by atoms with Gasteiger partial charge in [-0.1, -0.05) is 26.0 Å². The van der Waals surface area contributed by atoms with E-state index in [1.165, 1.54) is 54.0 Å². The highest BCUT2D eigenvalue weighted by Crippen LogP contribution is 2.29. The Hall–Kier alpha value is -2.96. The second-order valence-electron chi connectivity index (χ2n) is 9.18. The van der Waals surface area contributed by atoms with Gasteiger partial charge in [-0.25, -0.2) is 0 Å². The predicted molar refractivity (Wildman–Crippen MR) is 140 cm³/mol. The van der Waals surface area contributed by atoms with E-state index in [0.717, 1.165) is 38.2 Å². The number of phenols is 1. The molecule has 0 aliphatic carbocycles. The van der Waals surface area contributed by atoms with Gasteiger partial charge in [-0.15, -0.1) is 0 Å². The summed E-state index contributed by atoms with van der Waals surface area (Å²) in [6, 6.07) is 13.9. The Morgan fingerprint density at radius 3 is 2.57 bits per heavy atom. The molecule has 3 aliphatic heterocycles. The van der Waals surface area contributed by atoms with E-state index in [9.17, 15) is 4.79 Å². The first-order valence-corrected chi connectivity index (χ1v) is 12.9. The molecule has 1 aromatic heterocycles. The molecule has 1 amide bonds. The average Bonchev–Trinajstić information content (AvgIpc) is 3.55. The van der Waals surface area contributed by atoms with Crippen LogP contribution >= 0.6 is 0 Å². The molecule has 6 heteroatoms. The Kier molecular flexibility index (Phi) is 8.72. The van der Waals surface area contributed by atoms with Crippen LogP contribution < -0.4 is 5.32 Å². The molecule has 2 fully saturated rings. The fourth-order valence-electron chi connectivity index (χ4n) is 4.97. The molecular weight excluding hydrogens is 438 g/mol. The first kappa shape index (κ1) is 25.1. The molecule has 2 aromatic carbocycles. The molecule has 3 aliphatic rings. The van der Waals surface area contributed by atoms with Crippen LogP contribution in [-0.2, 0) is 17.8 Å². The minimum absolute atomic E-state index is 0.0556. The summed E-state index contributed by atoms with van der Waals surface area (Å²) in [5.41, 5.74) is 4.19. The van der Waals surface area contributed by atoms with Gasteiger partial charge in [0.2, 0.25) is 0 Å². The Labute approximate surface area is 208 Å². The summed E-state index contributed by atoms with van der Waals surface area (Å²) in [6.45, 7) is 9.77. The lowest BCUT2D eigenvalue weighted by Gasteiger charge is -2.22. The number of likely N-dealkylation sites (tertiary alicyclic amines) is 1. The zero-order valence-corrected chi connectivity index (χ0v) is 20.9. The Morgan fingerprint density at radius 2 is 1.80 bits per heavy atom. The summed E-state index contributed by atoms with van der Waals surface area (Å²) < 4.78 is 5.47. The summed E-state index contributed by atoms with van der Waals surface area (Å²) in [6.07, 6.45) is 7.02. The van der Waals surface area contributed by atoms with Crippen molar-refractivity contribution in [2.24, 2.45) is 0 Å². The maximum atomic E-state index is 11.0. The van der Waals surface area contributed by atoms with Crippen molar-refractivity contribution in [1.29, 1.82) is 0 Å². The normalized spacial score (nSPS) is 17.7. The second-order valence-corrected chi connectivity index (χ2v) is 9.18. The van der Waals surface area contributed by atoms with Crippen LogP contribution in [0.4, 0.5) is 0 Å². The van der Waals surface area contributed by atoms with E-state index in [4.69, 9.17) is 14.8 Å². The standard InChI is InChI=1S/C19H24N2O.C8H7NO2.C2H6/c1-2-8-21(7-1)14-19-12-17-4-3-16(11-18(17)13-20-19)15-5-9-22-10-6-15;10-6-1-2-7-5(3-6)4-9-8(7)11;1-2/h3-4,11-13,15H,1-2,5-10,14H2;1-3,10H,4H2,(H,9,11);1-2H3. The number of rotatable bonds is 3. The predicted octanol–water partition coefficient (Wildman–Crippen LogP) is 5.39. The van der Waals surface area contributed by atoms with Crippen molar-refractivity contribution in [3.8, 4) is 5.75 Å². The van der Waals surface area contributed by atoms with Gasteiger partial charge >= 0.3 is 0 Å². The van der Waals surface area contributed by atoms with Crippen LogP contribution in [-0.4, -0.2) is 47.2 Å². The summed E-state index contributed by atoms with van der Waals surface area (Å²) in [5.74, 6) is 0.808. The van der Waals surface area contributed by atoms with Gasteiger partial charge in [0, 0.05) is 43.4 Å². The SMILES string of the molecule is CC.O=C1NCc2cc(O)ccc21.c1cc2cc(CN3CCCC3)ncc2cc1C1CCOCC1. The van der Waals surface area contributed by atoms with Crippen molar-refractivity contribution in [3.05, 3.63) is 71.0 Å².